The highest BCUT2D eigenvalue weighted by Gasteiger charge is 2.12. The molecule has 0 saturated heterocycles. The number of hydrogen-bond donors (Lipinski definition) is 0. The van der Waals surface area contributed by atoms with Crippen LogP contribution in [0.15, 0.2) is 23.1 Å². The van der Waals surface area contributed by atoms with E-state index in [2.05, 4.69) is 0 Å². The van der Waals surface area contributed by atoms with E-state index >= 15 is 0 Å². The number of pyridine rings is 1. The Morgan fingerprint density at radius 3 is 2.75 bits per heavy atom. The molecule has 1 rings (SSSR count). The molecule has 1 aromatic rings. The molecule has 0 spiro atoms. The molecule has 1 heterocycles. The van der Waals surface area contributed by atoms with Gasteiger partial charge in [-0.3, -0.25) is 19.1 Å². The molecule has 1 aromatic heterocycles. The minimum Gasteiger partial charge on any atom is -0.772 e. The molecule has 0 aromatic carbocycles. The second-order valence-electron chi connectivity index (χ2n) is 3.01. The molecule has 1 atom stereocenters. The van der Waals surface area contributed by atoms with Gasteiger partial charge in [-0.05, 0) is 12.5 Å². The van der Waals surface area contributed by atoms with Gasteiger partial charge in [0, 0.05) is 24.6 Å². The molecule has 0 N–H and O–H groups in total. The van der Waals surface area contributed by atoms with Gasteiger partial charge in [-0.25, -0.2) is 0 Å². The number of aryl methyl sites for hydroxylation is 1. The van der Waals surface area contributed by atoms with Crippen molar-refractivity contribution in [3.8, 4) is 0 Å². The van der Waals surface area contributed by atoms with E-state index in [9.17, 15) is 23.7 Å². The van der Waals surface area contributed by atoms with Crippen molar-refractivity contribution >= 4 is 16.8 Å². The van der Waals surface area contributed by atoms with Crippen molar-refractivity contribution in [2.75, 3.05) is 5.75 Å². The highest BCUT2D eigenvalue weighted by atomic mass is 32.2. The Balaban J connectivity index is 2.82. The number of hydrogen-bond acceptors (Lipinski definition) is 5. The van der Waals surface area contributed by atoms with Gasteiger partial charge in [0.15, 0.2) is 0 Å². The molecule has 88 valence electrons. The van der Waals surface area contributed by atoms with Crippen LogP contribution in [0.5, 0.6) is 0 Å². The molecular weight excluding hydrogens is 236 g/mol. The summed E-state index contributed by atoms with van der Waals surface area (Å²) < 4.78 is 21.6. The zero-order valence-corrected chi connectivity index (χ0v) is 9.01. The lowest BCUT2D eigenvalue weighted by Gasteiger charge is -2.06. The number of nitro groups is 1. The van der Waals surface area contributed by atoms with Gasteiger partial charge in [-0.2, -0.15) is 0 Å². The Hall–Kier alpha value is -1.54. The largest absolute Gasteiger partial charge is 0.772 e. The standard InChI is InChI=1S/C8H10N2O5S/c11-8-7(10(12)13)3-1-4-9(8)5-2-6-16(14)15/h1,3-4H,2,5-6H2,(H,14,15)/p-1. The van der Waals surface area contributed by atoms with Crippen LogP contribution in [0.25, 0.3) is 0 Å². The summed E-state index contributed by atoms with van der Waals surface area (Å²) in [5.74, 6) is -0.0743. The lowest BCUT2D eigenvalue weighted by molar-refractivity contribution is -0.386. The normalized spacial score (nSPS) is 12.3. The Morgan fingerprint density at radius 2 is 2.19 bits per heavy atom. The molecule has 7 nitrogen and oxygen atoms in total. The average molecular weight is 245 g/mol. The summed E-state index contributed by atoms with van der Waals surface area (Å²) in [5.41, 5.74) is -1.23. The fraction of sp³-hybridized carbons (Fsp3) is 0.375. The molecule has 0 fully saturated rings. The smallest absolute Gasteiger partial charge is 0.334 e. The second kappa shape index (κ2) is 5.52. The molecule has 0 saturated carbocycles. The zero-order chi connectivity index (χ0) is 12.1. The second-order valence-corrected chi connectivity index (χ2v) is 4.03. The van der Waals surface area contributed by atoms with Gasteiger partial charge in [0.25, 0.3) is 0 Å². The summed E-state index contributed by atoms with van der Waals surface area (Å²) in [5, 5.41) is 10.4. The van der Waals surface area contributed by atoms with E-state index in [-0.39, 0.29) is 18.7 Å². The molecule has 0 aliphatic heterocycles. The molecule has 0 aliphatic rings. The van der Waals surface area contributed by atoms with Crippen LogP contribution in [-0.4, -0.2) is 24.0 Å². The fourth-order valence-electron chi connectivity index (χ4n) is 1.19. The third kappa shape index (κ3) is 3.24. The maximum atomic E-state index is 11.5. The first-order valence-electron chi connectivity index (χ1n) is 4.42. The predicted octanol–water partition coefficient (Wildman–Crippen LogP) is 0.0257. The van der Waals surface area contributed by atoms with Gasteiger partial charge >= 0.3 is 11.2 Å². The van der Waals surface area contributed by atoms with Crippen LogP contribution in [0.4, 0.5) is 5.69 Å². The van der Waals surface area contributed by atoms with Crippen LogP contribution in [0, 0.1) is 10.1 Å². The predicted molar refractivity (Wildman–Crippen MR) is 55.8 cm³/mol. The lowest BCUT2D eigenvalue weighted by Crippen LogP contribution is -2.22. The van der Waals surface area contributed by atoms with E-state index in [1.54, 1.807) is 0 Å². The first-order chi connectivity index (χ1) is 7.52. The third-order valence-corrected chi connectivity index (χ3v) is 2.53. The lowest BCUT2D eigenvalue weighted by atomic mass is 10.4. The minimum absolute atomic E-state index is 0.0743. The number of rotatable bonds is 5. The van der Waals surface area contributed by atoms with Crippen molar-refractivity contribution in [2.45, 2.75) is 13.0 Å². The Morgan fingerprint density at radius 1 is 1.50 bits per heavy atom. The quantitative estimate of drug-likeness (QED) is 0.413. The van der Waals surface area contributed by atoms with E-state index in [0.29, 0.717) is 0 Å². The van der Waals surface area contributed by atoms with Crippen molar-refractivity contribution in [3.05, 3.63) is 38.8 Å². The van der Waals surface area contributed by atoms with Crippen LogP contribution in [0.2, 0.25) is 0 Å². The SMILES string of the molecule is O=c1c([N+](=O)[O-])cccn1CCCS(=O)[O-]. The monoisotopic (exact) mass is 245 g/mol. The molecule has 0 aliphatic carbocycles. The summed E-state index contributed by atoms with van der Waals surface area (Å²) in [6.07, 6.45) is 1.64. The van der Waals surface area contributed by atoms with Crippen LogP contribution in [0.1, 0.15) is 6.42 Å². The molecule has 0 radical (unpaired) electrons. The molecule has 8 heteroatoms. The number of aromatic nitrogens is 1. The zero-order valence-electron chi connectivity index (χ0n) is 8.20. The Labute approximate surface area is 93.1 Å². The van der Waals surface area contributed by atoms with Crippen molar-refractivity contribution in [2.24, 2.45) is 0 Å². The van der Waals surface area contributed by atoms with Crippen LogP contribution < -0.4 is 5.56 Å². The van der Waals surface area contributed by atoms with Gasteiger partial charge in [-0.15, -0.1) is 0 Å². The maximum Gasteiger partial charge on any atom is 0.334 e. The first-order valence-corrected chi connectivity index (χ1v) is 5.66. The van der Waals surface area contributed by atoms with Crippen molar-refractivity contribution < 1.29 is 13.7 Å². The molecule has 0 amide bonds. The van der Waals surface area contributed by atoms with Crippen LogP contribution >= 0.6 is 0 Å². The van der Waals surface area contributed by atoms with Crippen molar-refractivity contribution in [1.82, 2.24) is 4.57 Å². The Bertz CT molecular complexity index is 470. The maximum absolute atomic E-state index is 11.5. The van der Waals surface area contributed by atoms with Gasteiger partial charge in [-0.1, -0.05) is 11.1 Å². The van der Waals surface area contributed by atoms with Gasteiger partial charge in [0.05, 0.1) is 4.92 Å². The van der Waals surface area contributed by atoms with E-state index in [0.717, 1.165) is 10.6 Å². The summed E-state index contributed by atoms with van der Waals surface area (Å²) in [4.78, 5) is 21.1. The van der Waals surface area contributed by atoms with Gasteiger partial charge < -0.3 is 9.12 Å². The van der Waals surface area contributed by atoms with Gasteiger partial charge in [0.1, 0.15) is 0 Å². The first kappa shape index (κ1) is 12.5. The molecule has 16 heavy (non-hydrogen) atoms. The van der Waals surface area contributed by atoms with Crippen LogP contribution in [-0.2, 0) is 17.6 Å². The van der Waals surface area contributed by atoms with Crippen molar-refractivity contribution in [1.29, 1.82) is 0 Å². The minimum atomic E-state index is -2.16. The van der Waals surface area contributed by atoms with Crippen LogP contribution in [0.3, 0.4) is 0 Å². The Kier molecular flexibility index (Phi) is 4.32. The van der Waals surface area contributed by atoms with E-state index in [1.807, 2.05) is 0 Å². The number of nitrogens with zero attached hydrogens (tertiary/aromatic N) is 2. The summed E-state index contributed by atoms with van der Waals surface area (Å²) in [6, 6.07) is 2.50. The fourth-order valence-corrected chi connectivity index (χ4v) is 1.56. The third-order valence-electron chi connectivity index (χ3n) is 1.91. The van der Waals surface area contributed by atoms with E-state index < -0.39 is 27.3 Å². The molecule has 1 unspecified atom stereocenters. The molecule has 0 bridgehead atoms. The van der Waals surface area contributed by atoms with Crippen molar-refractivity contribution in [3.63, 3.8) is 0 Å². The van der Waals surface area contributed by atoms with E-state index in [4.69, 9.17) is 0 Å². The topological polar surface area (TPSA) is 105 Å². The summed E-state index contributed by atoms with van der Waals surface area (Å²) in [7, 11) is 0. The van der Waals surface area contributed by atoms with Gasteiger partial charge in [0.2, 0.25) is 0 Å². The molecular formula is C8H9N2O5S-. The highest BCUT2D eigenvalue weighted by Crippen LogP contribution is 2.02. The summed E-state index contributed by atoms with van der Waals surface area (Å²) in [6.45, 7) is 0.147. The van der Waals surface area contributed by atoms with E-state index in [1.165, 1.54) is 12.3 Å². The highest BCUT2D eigenvalue weighted by molar-refractivity contribution is 7.79. The average Bonchev–Trinajstić information content (AvgIpc) is 2.19. The summed E-state index contributed by atoms with van der Waals surface area (Å²) >= 11 is -2.16.